The van der Waals surface area contributed by atoms with E-state index in [-0.39, 0.29) is 11.3 Å². The van der Waals surface area contributed by atoms with E-state index in [4.69, 9.17) is 10.7 Å². The van der Waals surface area contributed by atoms with Gasteiger partial charge in [-0.3, -0.25) is 10.2 Å². The number of amides is 1. The molecule has 32 heavy (non-hydrogen) atoms. The molecule has 0 bridgehead atoms. The molecule has 2 N–H and O–H groups in total. The van der Waals surface area contributed by atoms with Crippen LogP contribution in [0.2, 0.25) is 0 Å². The van der Waals surface area contributed by atoms with E-state index in [0.29, 0.717) is 12.2 Å². The molecule has 1 amide bonds. The van der Waals surface area contributed by atoms with E-state index in [1.165, 1.54) is 6.21 Å². The topological polar surface area (TPSA) is 108 Å². The van der Waals surface area contributed by atoms with Crippen molar-refractivity contribution < 1.29 is 4.79 Å². The summed E-state index contributed by atoms with van der Waals surface area (Å²) in [6, 6.07) is 15.4. The number of piperidine rings is 2. The second-order valence-corrected chi connectivity index (χ2v) is 8.30. The van der Waals surface area contributed by atoms with Crippen LogP contribution in [0.5, 0.6) is 0 Å². The molecule has 2 aliphatic rings. The lowest BCUT2D eigenvalue weighted by Crippen LogP contribution is -2.53. The van der Waals surface area contributed by atoms with Crippen LogP contribution in [0.1, 0.15) is 36.9 Å². The Morgan fingerprint density at radius 2 is 1.97 bits per heavy atom. The van der Waals surface area contributed by atoms with Crippen LogP contribution in [0.4, 0.5) is 11.5 Å². The number of nitrogens with zero attached hydrogens (tertiary/aromatic N) is 5. The van der Waals surface area contributed by atoms with Gasteiger partial charge in [-0.2, -0.15) is 10.4 Å². The number of hydrogen-bond donors (Lipinski definition) is 2. The van der Waals surface area contributed by atoms with E-state index >= 15 is 0 Å². The average Bonchev–Trinajstić information content (AvgIpc) is 2.84. The summed E-state index contributed by atoms with van der Waals surface area (Å²) in [5.41, 5.74) is 4.92. The molecule has 8 heteroatoms. The Balaban J connectivity index is 1.45. The summed E-state index contributed by atoms with van der Waals surface area (Å²) < 4.78 is 0. The first-order valence-corrected chi connectivity index (χ1v) is 10.9. The number of benzene rings is 1. The van der Waals surface area contributed by atoms with Gasteiger partial charge in [0, 0.05) is 32.4 Å². The quantitative estimate of drug-likeness (QED) is 0.540. The Kier molecular flexibility index (Phi) is 6.45. The molecule has 2 saturated heterocycles. The van der Waals surface area contributed by atoms with Gasteiger partial charge in [-0.25, -0.2) is 4.98 Å². The normalized spacial score (nSPS) is 18.0. The van der Waals surface area contributed by atoms with Gasteiger partial charge in [0.2, 0.25) is 5.91 Å². The highest BCUT2D eigenvalue weighted by molar-refractivity contribution is 6.14. The lowest BCUT2D eigenvalue weighted by molar-refractivity contribution is -0.148. The fraction of sp³-hybridized carbons (Fsp3) is 0.375. The molecular formula is C24H27N7O. The van der Waals surface area contributed by atoms with Crippen LogP contribution in [-0.4, -0.2) is 47.9 Å². The lowest BCUT2D eigenvalue weighted by Gasteiger charge is -2.46. The number of carbonyl (C=O) groups is 1. The molecule has 8 nitrogen and oxygen atoms in total. The summed E-state index contributed by atoms with van der Waals surface area (Å²) in [7, 11) is 0. The first-order chi connectivity index (χ1) is 15.6. The SMILES string of the molecule is N#Cc1cccc(N2CCC3(CCCN(Cc4ccccc4N/N=C\C=N)C3=O)CC2)n1. The van der Waals surface area contributed by atoms with Crippen LogP contribution in [0.25, 0.3) is 0 Å². The molecule has 0 saturated carbocycles. The zero-order valence-corrected chi connectivity index (χ0v) is 18.0. The van der Waals surface area contributed by atoms with Gasteiger partial charge < -0.3 is 15.2 Å². The number of para-hydroxylation sites is 1. The van der Waals surface area contributed by atoms with Crippen LogP contribution >= 0.6 is 0 Å². The zero-order chi connectivity index (χ0) is 22.4. The van der Waals surface area contributed by atoms with Gasteiger partial charge in [0.15, 0.2) is 0 Å². The van der Waals surface area contributed by atoms with Gasteiger partial charge in [0.05, 0.1) is 17.3 Å². The number of aromatic nitrogens is 1. The van der Waals surface area contributed by atoms with Crippen molar-refractivity contribution in [3.05, 3.63) is 53.7 Å². The van der Waals surface area contributed by atoms with Crippen molar-refractivity contribution in [1.82, 2.24) is 9.88 Å². The second-order valence-electron chi connectivity index (χ2n) is 8.30. The van der Waals surface area contributed by atoms with Crippen molar-refractivity contribution >= 4 is 29.8 Å². The molecule has 2 aromatic rings. The number of anilines is 2. The Hall–Kier alpha value is -3.73. The molecule has 0 radical (unpaired) electrons. The van der Waals surface area contributed by atoms with Crippen molar-refractivity contribution in [2.24, 2.45) is 10.5 Å². The maximum atomic E-state index is 13.6. The number of rotatable bonds is 6. The molecule has 1 spiro atoms. The third-order valence-electron chi connectivity index (χ3n) is 6.43. The van der Waals surface area contributed by atoms with Crippen molar-refractivity contribution in [1.29, 1.82) is 10.7 Å². The van der Waals surface area contributed by atoms with Crippen molar-refractivity contribution in [3.8, 4) is 6.07 Å². The highest BCUT2D eigenvalue weighted by Crippen LogP contribution is 2.42. The average molecular weight is 430 g/mol. The van der Waals surface area contributed by atoms with Crippen molar-refractivity contribution in [3.63, 3.8) is 0 Å². The third-order valence-corrected chi connectivity index (χ3v) is 6.43. The minimum absolute atomic E-state index is 0.236. The number of pyridine rings is 1. The minimum atomic E-state index is -0.317. The predicted molar refractivity (Wildman–Crippen MR) is 125 cm³/mol. The van der Waals surface area contributed by atoms with Crippen molar-refractivity contribution in [2.75, 3.05) is 30.0 Å². The minimum Gasteiger partial charge on any atom is -0.357 e. The summed E-state index contributed by atoms with van der Waals surface area (Å²) in [5, 5.41) is 20.2. The summed E-state index contributed by atoms with van der Waals surface area (Å²) in [6.45, 7) is 2.82. The standard InChI is InChI=1S/C24H27N7O/c25-12-13-27-29-21-7-2-1-5-19(21)18-31-14-4-9-24(23(31)32)10-15-30(16-11-24)22-8-3-6-20(17-26)28-22/h1-3,5-8,12-13,25,29H,4,9-11,14-16,18H2/b25-12?,27-13-. The van der Waals surface area contributed by atoms with Gasteiger partial charge in [0.1, 0.15) is 17.6 Å². The van der Waals surface area contributed by atoms with Crippen LogP contribution in [-0.2, 0) is 11.3 Å². The van der Waals surface area contributed by atoms with Gasteiger partial charge in [-0.15, -0.1) is 0 Å². The smallest absolute Gasteiger partial charge is 0.229 e. The van der Waals surface area contributed by atoms with E-state index in [2.05, 4.69) is 26.5 Å². The first kappa shape index (κ1) is 21.5. The maximum Gasteiger partial charge on any atom is 0.229 e. The van der Waals surface area contributed by atoms with Gasteiger partial charge in [-0.05, 0) is 49.4 Å². The molecule has 0 unspecified atom stereocenters. The molecule has 2 fully saturated rings. The fourth-order valence-corrected chi connectivity index (χ4v) is 4.71. The van der Waals surface area contributed by atoms with E-state index in [1.54, 1.807) is 6.07 Å². The molecular weight excluding hydrogens is 402 g/mol. The molecule has 4 rings (SSSR count). The molecule has 2 aliphatic heterocycles. The van der Waals surface area contributed by atoms with E-state index in [0.717, 1.165) is 68.6 Å². The maximum absolute atomic E-state index is 13.6. The predicted octanol–water partition coefficient (Wildman–Crippen LogP) is 3.41. The molecule has 1 aromatic heterocycles. The van der Waals surface area contributed by atoms with Gasteiger partial charge >= 0.3 is 0 Å². The number of carbonyl (C=O) groups excluding carboxylic acids is 1. The van der Waals surface area contributed by atoms with Gasteiger partial charge in [-0.1, -0.05) is 24.3 Å². The highest BCUT2D eigenvalue weighted by Gasteiger charge is 2.45. The molecule has 3 heterocycles. The number of nitrogens with one attached hydrogen (secondary N) is 2. The largest absolute Gasteiger partial charge is 0.357 e. The fourth-order valence-electron chi connectivity index (χ4n) is 4.71. The van der Waals surface area contributed by atoms with E-state index in [9.17, 15) is 4.79 Å². The Morgan fingerprint density at radius 1 is 1.16 bits per heavy atom. The Bertz CT molecular complexity index is 1050. The van der Waals surface area contributed by atoms with Gasteiger partial charge in [0.25, 0.3) is 0 Å². The van der Waals surface area contributed by atoms with Crippen LogP contribution in [0, 0.1) is 22.2 Å². The summed E-state index contributed by atoms with van der Waals surface area (Å²) in [6.07, 6.45) is 6.01. The molecule has 164 valence electrons. The van der Waals surface area contributed by atoms with E-state index < -0.39 is 0 Å². The number of likely N-dealkylation sites (tertiary alicyclic amines) is 1. The first-order valence-electron chi connectivity index (χ1n) is 10.9. The molecule has 0 aliphatic carbocycles. The molecule has 0 atom stereocenters. The Labute approximate surface area is 188 Å². The monoisotopic (exact) mass is 429 g/mol. The molecule has 1 aromatic carbocycles. The second kappa shape index (κ2) is 9.60. The Morgan fingerprint density at radius 3 is 2.75 bits per heavy atom. The summed E-state index contributed by atoms with van der Waals surface area (Å²) in [5.74, 6) is 1.05. The van der Waals surface area contributed by atoms with E-state index in [1.807, 2.05) is 41.3 Å². The third kappa shape index (κ3) is 4.47. The van der Waals surface area contributed by atoms with Crippen molar-refractivity contribution in [2.45, 2.75) is 32.2 Å². The zero-order valence-electron chi connectivity index (χ0n) is 18.0. The number of hydrogen-bond acceptors (Lipinski definition) is 7. The summed E-state index contributed by atoms with van der Waals surface area (Å²) in [4.78, 5) is 22.2. The summed E-state index contributed by atoms with van der Waals surface area (Å²) >= 11 is 0. The van der Waals surface area contributed by atoms with Crippen LogP contribution in [0.3, 0.4) is 0 Å². The number of hydrazone groups is 1. The van der Waals surface area contributed by atoms with Crippen LogP contribution < -0.4 is 10.3 Å². The highest BCUT2D eigenvalue weighted by atomic mass is 16.2. The van der Waals surface area contributed by atoms with Crippen LogP contribution in [0.15, 0.2) is 47.6 Å². The number of nitriles is 1. The lowest BCUT2D eigenvalue weighted by atomic mass is 9.71.